The second-order valence-corrected chi connectivity index (χ2v) is 4.18. The van der Waals surface area contributed by atoms with Gasteiger partial charge in [-0.3, -0.25) is 4.79 Å². The summed E-state index contributed by atoms with van der Waals surface area (Å²) in [6.45, 7) is 1.93. The van der Waals surface area contributed by atoms with Crippen LogP contribution in [-0.4, -0.2) is 5.91 Å². The Kier molecular flexibility index (Phi) is 3.48. The first-order valence-corrected chi connectivity index (χ1v) is 5.78. The standard InChI is InChI=1S/C15H13N3O/c1-10-3-2-4-12(9-16)14(10)18-13-7-5-11(6-8-13)15(17)19/h2-8,18H,1H3,(H2,17,19). The number of nitrogens with two attached hydrogens (primary N) is 1. The van der Waals surface area contributed by atoms with Gasteiger partial charge in [0.15, 0.2) is 0 Å². The molecule has 2 aromatic carbocycles. The Morgan fingerprint density at radius 3 is 2.47 bits per heavy atom. The van der Waals surface area contributed by atoms with E-state index >= 15 is 0 Å². The van der Waals surface area contributed by atoms with Crippen LogP contribution in [0.5, 0.6) is 0 Å². The third-order valence-electron chi connectivity index (χ3n) is 2.83. The van der Waals surface area contributed by atoms with Crippen LogP contribution < -0.4 is 11.1 Å². The lowest BCUT2D eigenvalue weighted by Crippen LogP contribution is -2.10. The second kappa shape index (κ2) is 5.23. The van der Waals surface area contributed by atoms with E-state index in [9.17, 15) is 4.79 Å². The predicted octanol–water partition coefficient (Wildman–Crippen LogP) is 2.71. The number of carbonyl (C=O) groups is 1. The molecule has 3 N–H and O–H groups in total. The number of aryl methyl sites for hydroxylation is 1. The zero-order chi connectivity index (χ0) is 13.8. The smallest absolute Gasteiger partial charge is 0.248 e. The number of benzene rings is 2. The number of nitriles is 1. The Morgan fingerprint density at radius 1 is 1.21 bits per heavy atom. The summed E-state index contributed by atoms with van der Waals surface area (Å²) >= 11 is 0. The molecule has 0 aliphatic carbocycles. The first kappa shape index (κ1) is 12.7. The molecule has 0 radical (unpaired) electrons. The number of primary amides is 1. The molecule has 0 saturated heterocycles. The van der Waals surface area contributed by atoms with Crippen LogP contribution >= 0.6 is 0 Å². The fraction of sp³-hybridized carbons (Fsp3) is 0.0667. The summed E-state index contributed by atoms with van der Waals surface area (Å²) in [5.41, 5.74) is 8.78. The van der Waals surface area contributed by atoms with Gasteiger partial charge in [-0.25, -0.2) is 0 Å². The van der Waals surface area contributed by atoms with Crippen molar-refractivity contribution >= 4 is 17.3 Å². The van der Waals surface area contributed by atoms with Crippen LogP contribution in [0.3, 0.4) is 0 Å². The van der Waals surface area contributed by atoms with E-state index in [1.807, 2.05) is 19.1 Å². The fourth-order valence-electron chi connectivity index (χ4n) is 1.79. The molecule has 0 aromatic heterocycles. The minimum Gasteiger partial charge on any atom is -0.366 e. The van der Waals surface area contributed by atoms with Gasteiger partial charge in [-0.15, -0.1) is 0 Å². The maximum Gasteiger partial charge on any atom is 0.248 e. The summed E-state index contributed by atoms with van der Waals surface area (Å²) in [6, 6.07) is 14.5. The quantitative estimate of drug-likeness (QED) is 0.880. The van der Waals surface area contributed by atoms with Crippen LogP contribution in [0.15, 0.2) is 42.5 Å². The summed E-state index contributed by atoms with van der Waals surface area (Å²) in [6.07, 6.45) is 0. The molecule has 2 aromatic rings. The van der Waals surface area contributed by atoms with Crippen LogP contribution in [0.2, 0.25) is 0 Å². The molecule has 94 valence electrons. The lowest BCUT2D eigenvalue weighted by atomic mass is 10.1. The van der Waals surface area contributed by atoms with Crippen molar-refractivity contribution in [1.29, 1.82) is 5.26 Å². The second-order valence-electron chi connectivity index (χ2n) is 4.18. The number of hydrogen-bond acceptors (Lipinski definition) is 3. The summed E-state index contributed by atoms with van der Waals surface area (Å²) < 4.78 is 0. The van der Waals surface area contributed by atoms with E-state index in [-0.39, 0.29) is 0 Å². The SMILES string of the molecule is Cc1cccc(C#N)c1Nc1ccc(C(N)=O)cc1. The van der Waals surface area contributed by atoms with Crippen LogP contribution in [-0.2, 0) is 0 Å². The zero-order valence-corrected chi connectivity index (χ0v) is 10.5. The van der Waals surface area contributed by atoms with Crippen molar-refractivity contribution in [1.82, 2.24) is 0 Å². The minimum atomic E-state index is -0.458. The lowest BCUT2D eigenvalue weighted by Gasteiger charge is -2.11. The van der Waals surface area contributed by atoms with E-state index in [4.69, 9.17) is 11.0 Å². The molecule has 2 rings (SSSR count). The molecule has 0 unspecified atom stereocenters. The molecular formula is C15H13N3O. The highest BCUT2D eigenvalue weighted by atomic mass is 16.1. The molecule has 4 heteroatoms. The molecular weight excluding hydrogens is 238 g/mol. The highest BCUT2D eigenvalue weighted by molar-refractivity contribution is 5.93. The molecule has 0 atom stereocenters. The largest absolute Gasteiger partial charge is 0.366 e. The molecule has 0 saturated carbocycles. The third-order valence-corrected chi connectivity index (χ3v) is 2.83. The fourth-order valence-corrected chi connectivity index (χ4v) is 1.79. The molecule has 0 aliphatic heterocycles. The molecule has 0 bridgehead atoms. The number of carbonyl (C=O) groups excluding carboxylic acids is 1. The van der Waals surface area contributed by atoms with Gasteiger partial charge in [-0.05, 0) is 42.8 Å². The highest BCUT2D eigenvalue weighted by Crippen LogP contribution is 2.24. The van der Waals surface area contributed by atoms with E-state index < -0.39 is 5.91 Å². The van der Waals surface area contributed by atoms with Gasteiger partial charge < -0.3 is 11.1 Å². The average Bonchev–Trinajstić information content (AvgIpc) is 2.41. The van der Waals surface area contributed by atoms with Crippen LogP contribution in [0.4, 0.5) is 11.4 Å². The van der Waals surface area contributed by atoms with E-state index in [1.54, 1.807) is 30.3 Å². The van der Waals surface area contributed by atoms with E-state index in [0.717, 1.165) is 16.9 Å². The van der Waals surface area contributed by atoms with Gasteiger partial charge >= 0.3 is 0 Å². The topological polar surface area (TPSA) is 78.9 Å². The van der Waals surface area contributed by atoms with Crippen molar-refractivity contribution in [3.8, 4) is 6.07 Å². The summed E-state index contributed by atoms with van der Waals surface area (Å²) in [7, 11) is 0. The number of hydrogen-bond donors (Lipinski definition) is 2. The molecule has 4 nitrogen and oxygen atoms in total. The molecule has 19 heavy (non-hydrogen) atoms. The Bertz CT molecular complexity index is 654. The molecule has 1 amide bonds. The third kappa shape index (κ3) is 2.72. The van der Waals surface area contributed by atoms with Crippen LogP contribution in [0, 0.1) is 18.3 Å². The number of anilines is 2. The Labute approximate surface area is 111 Å². The van der Waals surface area contributed by atoms with Gasteiger partial charge in [0.05, 0.1) is 11.3 Å². The van der Waals surface area contributed by atoms with Crippen molar-refractivity contribution in [2.45, 2.75) is 6.92 Å². The van der Waals surface area contributed by atoms with E-state index in [2.05, 4.69) is 11.4 Å². The number of amides is 1. The van der Waals surface area contributed by atoms with E-state index in [1.165, 1.54) is 0 Å². The van der Waals surface area contributed by atoms with Crippen molar-refractivity contribution in [3.05, 3.63) is 59.2 Å². The normalized spacial score (nSPS) is 9.68. The lowest BCUT2D eigenvalue weighted by molar-refractivity contribution is 0.100. The average molecular weight is 251 g/mol. The van der Waals surface area contributed by atoms with Crippen molar-refractivity contribution in [2.24, 2.45) is 5.73 Å². The Balaban J connectivity index is 2.32. The van der Waals surface area contributed by atoms with Crippen molar-refractivity contribution in [3.63, 3.8) is 0 Å². The summed E-state index contributed by atoms with van der Waals surface area (Å²) in [4.78, 5) is 11.0. The van der Waals surface area contributed by atoms with Crippen LogP contribution in [0.25, 0.3) is 0 Å². The summed E-state index contributed by atoms with van der Waals surface area (Å²) in [5, 5.41) is 12.3. The van der Waals surface area contributed by atoms with Crippen LogP contribution in [0.1, 0.15) is 21.5 Å². The number of nitrogens with one attached hydrogen (secondary N) is 1. The van der Waals surface area contributed by atoms with Gasteiger partial charge in [-0.2, -0.15) is 5.26 Å². The molecule has 0 aliphatic rings. The number of para-hydroxylation sites is 1. The number of rotatable bonds is 3. The predicted molar refractivity (Wildman–Crippen MR) is 74.1 cm³/mol. The Morgan fingerprint density at radius 2 is 1.89 bits per heavy atom. The first-order chi connectivity index (χ1) is 9.11. The maximum atomic E-state index is 11.0. The van der Waals surface area contributed by atoms with Crippen molar-refractivity contribution in [2.75, 3.05) is 5.32 Å². The highest BCUT2D eigenvalue weighted by Gasteiger charge is 2.06. The van der Waals surface area contributed by atoms with Crippen molar-refractivity contribution < 1.29 is 4.79 Å². The van der Waals surface area contributed by atoms with E-state index in [0.29, 0.717) is 11.1 Å². The van der Waals surface area contributed by atoms with Gasteiger partial charge in [0.2, 0.25) is 5.91 Å². The van der Waals surface area contributed by atoms with Gasteiger partial charge in [-0.1, -0.05) is 12.1 Å². The minimum absolute atomic E-state index is 0.454. The zero-order valence-electron chi connectivity index (χ0n) is 10.5. The molecule has 0 fully saturated rings. The molecule has 0 spiro atoms. The van der Waals surface area contributed by atoms with Gasteiger partial charge in [0.1, 0.15) is 6.07 Å². The number of nitrogens with zero attached hydrogens (tertiary/aromatic N) is 1. The summed E-state index contributed by atoms with van der Waals surface area (Å²) in [5.74, 6) is -0.458. The monoisotopic (exact) mass is 251 g/mol. The van der Waals surface area contributed by atoms with Gasteiger partial charge in [0.25, 0.3) is 0 Å². The first-order valence-electron chi connectivity index (χ1n) is 5.78. The molecule has 0 heterocycles. The Hall–Kier alpha value is -2.80. The maximum absolute atomic E-state index is 11.0. The van der Waals surface area contributed by atoms with Gasteiger partial charge in [0, 0.05) is 11.3 Å².